The van der Waals surface area contributed by atoms with E-state index in [0.717, 1.165) is 29.0 Å². The van der Waals surface area contributed by atoms with E-state index in [0.29, 0.717) is 12.0 Å². The first-order valence-corrected chi connectivity index (χ1v) is 9.63. The number of hydrogen-bond acceptors (Lipinski definition) is 2. The highest BCUT2D eigenvalue weighted by molar-refractivity contribution is 14.1. The van der Waals surface area contributed by atoms with Crippen LogP contribution in [-0.2, 0) is 4.74 Å². The van der Waals surface area contributed by atoms with Crippen molar-refractivity contribution in [1.29, 1.82) is 0 Å². The van der Waals surface area contributed by atoms with Gasteiger partial charge in [-0.25, -0.2) is 0 Å². The van der Waals surface area contributed by atoms with Crippen molar-refractivity contribution in [3.8, 4) is 0 Å². The lowest BCUT2D eigenvalue weighted by molar-refractivity contribution is -0.151. The Bertz CT molecular complexity index is 329. The van der Waals surface area contributed by atoms with Crippen molar-refractivity contribution in [1.82, 2.24) is 4.90 Å². The summed E-state index contributed by atoms with van der Waals surface area (Å²) in [6, 6.07) is 0.803. The molecule has 2 aliphatic carbocycles. The van der Waals surface area contributed by atoms with Crippen LogP contribution >= 0.6 is 22.6 Å². The maximum absolute atomic E-state index is 6.34. The zero-order valence-electron chi connectivity index (χ0n) is 12.5. The number of hydrogen-bond donors (Lipinski definition) is 0. The normalized spacial score (nSPS) is 40.2. The summed E-state index contributed by atoms with van der Waals surface area (Å²) in [6.07, 6.45) is 13.4. The molecule has 0 amide bonds. The van der Waals surface area contributed by atoms with Crippen LogP contribution in [0.25, 0.3) is 0 Å². The minimum absolute atomic E-state index is 0.499. The standard InChI is InChI=1S/C17H28INO/c1-2-6-13-9-15(18)10-14-11-19(12-20-17(13)14)16-7-4-3-5-8-16/h2,13-17H,1,3-12H2. The Balaban J connectivity index is 1.62. The van der Waals surface area contributed by atoms with Crippen molar-refractivity contribution >= 4 is 22.6 Å². The maximum atomic E-state index is 6.34. The summed E-state index contributed by atoms with van der Waals surface area (Å²) in [5.74, 6) is 1.47. The number of ether oxygens (including phenoxy) is 1. The number of allylic oxidation sites excluding steroid dienone is 1. The third-order valence-corrected chi connectivity index (χ3v) is 6.53. The van der Waals surface area contributed by atoms with Crippen LogP contribution in [0.2, 0.25) is 0 Å². The summed E-state index contributed by atoms with van der Waals surface area (Å²) in [7, 11) is 0. The SMILES string of the molecule is C=CCC1CC(I)CC2CN(C3CCCCC3)COC12. The third-order valence-electron chi connectivity index (χ3n) is 5.51. The number of alkyl halides is 1. The quantitative estimate of drug-likeness (QED) is 0.404. The Labute approximate surface area is 137 Å². The Kier molecular flexibility index (Phi) is 5.43. The van der Waals surface area contributed by atoms with E-state index in [2.05, 4.69) is 40.1 Å². The molecule has 3 aliphatic rings. The highest BCUT2D eigenvalue weighted by Crippen LogP contribution is 2.41. The average molecular weight is 389 g/mol. The van der Waals surface area contributed by atoms with Crippen LogP contribution in [-0.4, -0.2) is 34.2 Å². The molecule has 114 valence electrons. The summed E-state index contributed by atoms with van der Waals surface area (Å²) in [4.78, 5) is 2.65. The molecule has 0 radical (unpaired) electrons. The van der Waals surface area contributed by atoms with Crippen molar-refractivity contribution in [2.45, 2.75) is 67.4 Å². The molecule has 4 unspecified atom stereocenters. The molecule has 0 aromatic heterocycles. The first-order valence-electron chi connectivity index (χ1n) is 8.38. The predicted octanol–water partition coefficient (Wildman–Crippen LogP) is 4.38. The zero-order chi connectivity index (χ0) is 13.9. The molecular formula is C17H28INO. The van der Waals surface area contributed by atoms with Gasteiger partial charge in [0.25, 0.3) is 0 Å². The fourth-order valence-corrected chi connectivity index (χ4v) is 5.84. The molecule has 1 aliphatic heterocycles. The molecule has 3 heteroatoms. The van der Waals surface area contributed by atoms with Crippen LogP contribution in [0.1, 0.15) is 51.4 Å². The van der Waals surface area contributed by atoms with E-state index in [1.54, 1.807) is 0 Å². The molecule has 3 fully saturated rings. The van der Waals surface area contributed by atoms with Gasteiger partial charge in [-0.2, -0.15) is 0 Å². The molecule has 2 nitrogen and oxygen atoms in total. The fourth-order valence-electron chi connectivity index (χ4n) is 4.54. The number of nitrogens with zero attached hydrogens (tertiary/aromatic N) is 1. The van der Waals surface area contributed by atoms with E-state index in [-0.39, 0.29) is 0 Å². The van der Waals surface area contributed by atoms with Gasteiger partial charge < -0.3 is 4.74 Å². The average Bonchev–Trinajstić information content (AvgIpc) is 2.47. The Morgan fingerprint density at radius 2 is 2.00 bits per heavy atom. The van der Waals surface area contributed by atoms with Gasteiger partial charge in [0.2, 0.25) is 0 Å². The van der Waals surface area contributed by atoms with Gasteiger partial charge in [0.15, 0.2) is 0 Å². The second-order valence-electron chi connectivity index (χ2n) is 6.94. The molecule has 3 rings (SSSR count). The maximum Gasteiger partial charge on any atom is 0.0996 e. The van der Waals surface area contributed by atoms with E-state index < -0.39 is 0 Å². The summed E-state index contributed by atoms with van der Waals surface area (Å²) in [6.45, 7) is 6.10. The number of fused-ring (bicyclic) bond motifs is 1. The monoisotopic (exact) mass is 389 g/mol. The molecule has 1 saturated heterocycles. The van der Waals surface area contributed by atoms with Crippen molar-refractivity contribution in [2.24, 2.45) is 11.8 Å². The summed E-state index contributed by atoms with van der Waals surface area (Å²) in [5.41, 5.74) is 0. The lowest BCUT2D eigenvalue weighted by Crippen LogP contribution is -2.54. The van der Waals surface area contributed by atoms with Crippen molar-refractivity contribution in [3.63, 3.8) is 0 Å². The van der Waals surface area contributed by atoms with Crippen LogP contribution in [0.5, 0.6) is 0 Å². The second-order valence-corrected chi connectivity index (χ2v) is 8.70. The fraction of sp³-hybridized carbons (Fsp3) is 0.882. The molecule has 0 aromatic carbocycles. The minimum atomic E-state index is 0.499. The molecule has 0 N–H and O–H groups in total. The van der Waals surface area contributed by atoms with Crippen LogP contribution in [0.3, 0.4) is 0 Å². The van der Waals surface area contributed by atoms with Crippen LogP contribution < -0.4 is 0 Å². The molecule has 20 heavy (non-hydrogen) atoms. The smallest absolute Gasteiger partial charge is 0.0996 e. The van der Waals surface area contributed by atoms with Gasteiger partial charge in [-0.3, -0.25) is 4.90 Å². The lowest BCUT2D eigenvalue weighted by Gasteiger charge is -2.48. The van der Waals surface area contributed by atoms with Crippen molar-refractivity contribution in [3.05, 3.63) is 12.7 Å². The topological polar surface area (TPSA) is 12.5 Å². The summed E-state index contributed by atoms with van der Waals surface area (Å²) < 4.78 is 7.16. The van der Waals surface area contributed by atoms with Gasteiger partial charge in [-0.1, -0.05) is 47.9 Å². The Hall–Kier alpha value is 0.390. The Morgan fingerprint density at radius 1 is 1.20 bits per heavy atom. The minimum Gasteiger partial charge on any atom is -0.362 e. The van der Waals surface area contributed by atoms with Gasteiger partial charge in [-0.05, 0) is 43.9 Å². The molecule has 1 heterocycles. The first-order chi connectivity index (χ1) is 9.78. The van der Waals surface area contributed by atoms with Gasteiger partial charge in [-0.15, -0.1) is 6.58 Å². The number of halogens is 1. The van der Waals surface area contributed by atoms with Crippen LogP contribution in [0, 0.1) is 11.8 Å². The molecule has 0 aromatic rings. The van der Waals surface area contributed by atoms with Crippen LogP contribution in [0.4, 0.5) is 0 Å². The summed E-state index contributed by atoms with van der Waals surface area (Å²) in [5, 5.41) is 0. The van der Waals surface area contributed by atoms with Gasteiger partial charge in [0.1, 0.15) is 0 Å². The van der Waals surface area contributed by atoms with E-state index in [1.807, 2.05) is 0 Å². The molecule has 0 bridgehead atoms. The number of rotatable bonds is 3. The van der Waals surface area contributed by atoms with E-state index in [1.165, 1.54) is 51.5 Å². The Morgan fingerprint density at radius 3 is 2.75 bits per heavy atom. The summed E-state index contributed by atoms with van der Waals surface area (Å²) >= 11 is 2.65. The van der Waals surface area contributed by atoms with E-state index >= 15 is 0 Å². The van der Waals surface area contributed by atoms with Gasteiger partial charge in [0.05, 0.1) is 12.8 Å². The largest absolute Gasteiger partial charge is 0.362 e. The van der Waals surface area contributed by atoms with E-state index in [9.17, 15) is 0 Å². The van der Waals surface area contributed by atoms with Crippen molar-refractivity contribution in [2.75, 3.05) is 13.3 Å². The molecule has 2 saturated carbocycles. The van der Waals surface area contributed by atoms with Crippen LogP contribution in [0.15, 0.2) is 12.7 Å². The second kappa shape index (κ2) is 7.10. The van der Waals surface area contributed by atoms with Gasteiger partial charge >= 0.3 is 0 Å². The molecular weight excluding hydrogens is 361 g/mol. The highest BCUT2D eigenvalue weighted by atomic mass is 127. The van der Waals surface area contributed by atoms with Crippen molar-refractivity contribution < 1.29 is 4.74 Å². The zero-order valence-corrected chi connectivity index (χ0v) is 14.6. The third kappa shape index (κ3) is 3.41. The molecule has 0 spiro atoms. The lowest BCUT2D eigenvalue weighted by atomic mass is 9.76. The first kappa shape index (κ1) is 15.3. The van der Waals surface area contributed by atoms with Gasteiger partial charge in [0, 0.05) is 16.5 Å². The highest BCUT2D eigenvalue weighted by Gasteiger charge is 2.41. The predicted molar refractivity (Wildman–Crippen MR) is 92.2 cm³/mol. The van der Waals surface area contributed by atoms with E-state index in [4.69, 9.17) is 4.74 Å². The molecule has 4 atom stereocenters.